The molecular weight excluding hydrogens is 348 g/mol. The zero-order valence-electron chi connectivity index (χ0n) is 15.6. The van der Waals surface area contributed by atoms with Crippen LogP contribution in [0.4, 0.5) is 0 Å². The van der Waals surface area contributed by atoms with Crippen molar-refractivity contribution in [1.82, 2.24) is 9.29 Å². The fourth-order valence-corrected chi connectivity index (χ4v) is 4.29. The van der Waals surface area contributed by atoms with Gasteiger partial charge in [0.05, 0.1) is 25.4 Å². The maximum atomic E-state index is 12.8. The third-order valence-electron chi connectivity index (χ3n) is 4.19. The molecule has 1 atom stereocenters. The van der Waals surface area contributed by atoms with E-state index in [9.17, 15) is 9.35 Å². The van der Waals surface area contributed by atoms with Crippen molar-refractivity contribution in [1.29, 1.82) is 0 Å². The van der Waals surface area contributed by atoms with Crippen molar-refractivity contribution in [3.8, 4) is 11.3 Å². The molecule has 1 aliphatic heterocycles. The number of esters is 1. The van der Waals surface area contributed by atoms with E-state index in [-0.39, 0.29) is 4.75 Å². The number of hydrogen-bond donors (Lipinski definition) is 0. The van der Waals surface area contributed by atoms with Crippen LogP contribution < -0.4 is 0 Å². The van der Waals surface area contributed by atoms with Gasteiger partial charge in [0.25, 0.3) is 0 Å². The fraction of sp³-hybridized carbons (Fsp3) is 0.400. The first-order valence-electron chi connectivity index (χ1n) is 8.73. The lowest BCUT2D eigenvalue weighted by Crippen LogP contribution is -2.40. The van der Waals surface area contributed by atoms with Crippen molar-refractivity contribution >= 4 is 17.3 Å². The summed E-state index contributed by atoms with van der Waals surface area (Å²) in [4.78, 5) is 16.8. The van der Waals surface area contributed by atoms with E-state index >= 15 is 0 Å². The molecule has 1 aromatic carbocycles. The van der Waals surface area contributed by atoms with Crippen molar-refractivity contribution in [2.75, 3.05) is 6.61 Å². The molecule has 0 radical (unpaired) electrons. The molecule has 1 unspecified atom stereocenters. The first kappa shape index (κ1) is 18.9. The minimum absolute atomic E-state index is 0.299. The fourth-order valence-electron chi connectivity index (χ4n) is 3.01. The van der Waals surface area contributed by atoms with Gasteiger partial charge < -0.3 is 9.29 Å². The molecule has 1 aliphatic rings. The summed E-state index contributed by atoms with van der Waals surface area (Å²) in [5.41, 5.74) is 4.02. The summed E-state index contributed by atoms with van der Waals surface area (Å²) in [6.07, 6.45) is 0. The second kappa shape index (κ2) is 7.39. The molecule has 3 rings (SSSR count). The van der Waals surface area contributed by atoms with E-state index in [2.05, 4.69) is 4.98 Å². The highest BCUT2D eigenvalue weighted by atomic mass is 32.2. The SMILES string of the molecule is CCOC(=O)c1cc2c(c(-c3ccccc3)n1)CN([S+]([O-])C(C)(C)C)C2. The van der Waals surface area contributed by atoms with Crippen LogP contribution in [0.25, 0.3) is 11.3 Å². The minimum Gasteiger partial charge on any atom is -0.597 e. The summed E-state index contributed by atoms with van der Waals surface area (Å²) in [6.45, 7) is 9.06. The van der Waals surface area contributed by atoms with Gasteiger partial charge in [0.1, 0.15) is 10.4 Å². The number of rotatable bonds is 4. The van der Waals surface area contributed by atoms with Crippen molar-refractivity contribution < 1.29 is 14.1 Å². The van der Waals surface area contributed by atoms with Gasteiger partial charge in [-0.05, 0) is 39.3 Å². The second-order valence-corrected chi connectivity index (χ2v) is 9.48. The first-order valence-corrected chi connectivity index (χ1v) is 9.84. The summed E-state index contributed by atoms with van der Waals surface area (Å²) < 4.78 is 19.6. The Balaban J connectivity index is 2.05. The lowest BCUT2D eigenvalue weighted by molar-refractivity contribution is 0.0519. The van der Waals surface area contributed by atoms with Crippen LogP contribution in [0.5, 0.6) is 0 Å². The average molecular weight is 372 g/mol. The smallest absolute Gasteiger partial charge is 0.356 e. The molecule has 2 aromatic rings. The predicted octanol–water partition coefficient (Wildman–Crippen LogP) is 3.70. The molecular formula is C20H24N2O3S. The van der Waals surface area contributed by atoms with Crippen molar-refractivity contribution in [3.05, 3.63) is 53.2 Å². The van der Waals surface area contributed by atoms with Crippen LogP contribution in [0, 0.1) is 0 Å². The average Bonchev–Trinajstić information content (AvgIpc) is 3.04. The lowest BCUT2D eigenvalue weighted by Gasteiger charge is -2.29. The molecule has 0 amide bonds. The Hall–Kier alpha value is -1.89. The maximum absolute atomic E-state index is 12.8. The van der Waals surface area contributed by atoms with Gasteiger partial charge in [-0.2, -0.15) is 0 Å². The number of nitrogens with zero attached hydrogens (tertiary/aromatic N) is 2. The van der Waals surface area contributed by atoms with E-state index in [0.29, 0.717) is 25.4 Å². The van der Waals surface area contributed by atoms with Gasteiger partial charge in [0, 0.05) is 22.5 Å². The van der Waals surface area contributed by atoms with Gasteiger partial charge in [0.15, 0.2) is 0 Å². The zero-order valence-corrected chi connectivity index (χ0v) is 16.4. The number of ether oxygens (including phenoxy) is 1. The Kier molecular flexibility index (Phi) is 5.37. The van der Waals surface area contributed by atoms with E-state index in [1.54, 1.807) is 13.0 Å². The van der Waals surface area contributed by atoms with Crippen molar-refractivity contribution in [3.63, 3.8) is 0 Å². The number of pyridine rings is 1. The number of hydrogen-bond acceptors (Lipinski definition) is 5. The van der Waals surface area contributed by atoms with Crippen molar-refractivity contribution in [2.45, 2.75) is 45.5 Å². The highest BCUT2D eigenvalue weighted by Crippen LogP contribution is 2.36. The summed E-state index contributed by atoms with van der Waals surface area (Å²) in [5, 5.41) is 0. The monoisotopic (exact) mass is 372 g/mol. The molecule has 0 bridgehead atoms. The number of fused-ring (bicyclic) bond motifs is 1. The van der Waals surface area contributed by atoms with Crippen LogP contribution in [0.15, 0.2) is 36.4 Å². The Morgan fingerprint density at radius 1 is 1.27 bits per heavy atom. The van der Waals surface area contributed by atoms with Crippen molar-refractivity contribution in [2.24, 2.45) is 0 Å². The molecule has 26 heavy (non-hydrogen) atoms. The molecule has 0 N–H and O–H groups in total. The zero-order chi connectivity index (χ0) is 18.9. The van der Waals surface area contributed by atoms with Gasteiger partial charge in [-0.1, -0.05) is 30.3 Å². The Morgan fingerprint density at radius 3 is 2.58 bits per heavy atom. The van der Waals surface area contributed by atoms with Crippen LogP contribution in [0.3, 0.4) is 0 Å². The first-order chi connectivity index (χ1) is 12.3. The number of carbonyl (C=O) groups excluding carboxylic acids is 1. The van der Waals surface area contributed by atoms with Crippen LogP contribution in [0.1, 0.15) is 49.3 Å². The molecule has 0 saturated heterocycles. The summed E-state index contributed by atoms with van der Waals surface area (Å²) in [6, 6.07) is 11.6. The van der Waals surface area contributed by atoms with Crippen LogP contribution in [0.2, 0.25) is 0 Å². The predicted molar refractivity (Wildman–Crippen MR) is 103 cm³/mol. The minimum atomic E-state index is -1.13. The molecule has 1 aromatic heterocycles. The van der Waals surface area contributed by atoms with E-state index < -0.39 is 17.3 Å². The van der Waals surface area contributed by atoms with Gasteiger partial charge in [-0.3, -0.25) is 0 Å². The molecule has 2 heterocycles. The Morgan fingerprint density at radius 2 is 1.96 bits per heavy atom. The molecule has 138 valence electrons. The Bertz CT molecular complexity index is 803. The molecule has 0 saturated carbocycles. The third-order valence-corrected chi connectivity index (χ3v) is 5.96. The summed E-state index contributed by atoms with van der Waals surface area (Å²) >= 11 is -1.13. The van der Waals surface area contributed by atoms with E-state index in [4.69, 9.17) is 4.74 Å². The molecule has 6 heteroatoms. The number of carbonyl (C=O) groups is 1. The second-order valence-electron chi connectivity index (χ2n) is 7.24. The molecule has 0 fully saturated rings. The highest BCUT2D eigenvalue weighted by Gasteiger charge is 2.38. The lowest BCUT2D eigenvalue weighted by atomic mass is 10.0. The number of benzene rings is 1. The highest BCUT2D eigenvalue weighted by molar-refractivity contribution is 7.90. The summed E-state index contributed by atoms with van der Waals surface area (Å²) in [5.74, 6) is -0.428. The molecule has 0 aliphatic carbocycles. The van der Waals surface area contributed by atoms with E-state index in [1.165, 1.54) is 0 Å². The van der Waals surface area contributed by atoms with Gasteiger partial charge in [-0.25, -0.2) is 9.78 Å². The van der Waals surface area contributed by atoms with E-state index in [1.807, 2.05) is 55.4 Å². The van der Waals surface area contributed by atoms with E-state index in [0.717, 1.165) is 22.4 Å². The van der Waals surface area contributed by atoms with Gasteiger partial charge in [0.2, 0.25) is 0 Å². The standard InChI is InChI=1S/C20H24N2O3S/c1-5-25-19(23)17-11-15-12-22(26(24)20(2,3)4)13-16(15)18(21-17)14-9-7-6-8-10-14/h6-11H,5,12-13H2,1-4H3. The summed E-state index contributed by atoms with van der Waals surface area (Å²) in [7, 11) is 0. The molecule has 5 nitrogen and oxygen atoms in total. The largest absolute Gasteiger partial charge is 0.597 e. The quantitative estimate of drug-likeness (QED) is 0.605. The topological polar surface area (TPSA) is 65.5 Å². The van der Waals surface area contributed by atoms with Crippen LogP contribution in [-0.4, -0.2) is 31.2 Å². The normalized spacial score (nSPS) is 15.6. The van der Waals surface area contributed by atoms with Crippen LogP contribution in [-0.2, 0) is 29.2 Å². The van der Waals surface area contributed by atoms with Gasteiger partial charge in [-0.15, -0.1) is 4.31 Å². The van der Waals surface area contributed by atoms with Crippen LogP contribution >= 0.6 is 0 Å². The third kappa shape index (κ3) is 3.77. The maximum Gasteiger partial charge on any atom is 0.356 e. The van der Waals surface area contributed by atoms with Gasteiger partial charge >= 0.3 is 5.97 Å². The molecule has 0 spiro atoms. The number of aromatic nitrogens is 1. The Labute approximate surface area is 157 Å².